The molecule has 8 heteroatoms. The number of nitrogens with zero attached hydrogens (tertiary/aromatic N) is 6. The summed E-state index contributed by atoms with van der Waals surface area (Å²) >= 11 is 0. The molecule has 0 bridgehead atoms. The first-order chi connectivity index (χ1) is 58.7. The van der Waals surface area contributed by atoms with E-state index in [1.54, 1.807) is 0 Å². The zero-order valence-corrected chi connectivity index (χ0v) is 65.3. The van der Waals surface area contributed by atoms with E-state index in [4.69, 9.17) is 28.8 Å². The Labute approximate surface area is 688 Å². The molecule has 8 nitrogen and oxygen atoms in total. The third-order valence-electron chi connectivity index (χ3n) is 23.6. The van der Waals surface area contributed by atoms with Crippen molar-refractivity contribution < 1.29 is 8.83 Å². The minimum atomic E-state index is -0.109. The smallest absolute Gasteiger partial charge is 0.160 e. The molecule has 0 saturated carbocycles. The number of para-hydroxylation sites is 4. The number of rotatable bonds is 13. The van der Waals surface area contributed by atoms with E-state index in [-0.39, 0.29) is 5.41 Å². The van der Waals surface area contributed by atoms with Crippen molar-refractivity contribution in [3.8, 4) is 89.8 Å². The lowest BCUT2D eigenvalue weighted by atomic mass is 9.82. The molecule has 0 fully saturated rings. The standard InChI is InChI=1S/C57H39N3O.C54H35N3O/c1-57(2)50-23-13-11-21-44(50)45-30-29-43(35-51(45)57)60(41-19-7-4-8-20-41)42-27-25-37(26-28-42)56-58-52-24-14-12-22-46(52)54(59-56)49-33-40(36-15-5-3-6-16-36)32-48-47-31-38-17-9-10-18-39(38)34-53(47)61-55(48)49;1-4-15-36(16-5-1)38-27-29-44(30-28-38)57(43-22-8-3-9-23-43)45-24-14-21-41(31-45)54-55-50-26-13-12-25-46(50)52(56-54)49-34-42(37-17-6-2-7-18-37)33-48-47-32-39-19-10-11-20-40(39)35-51(47)58-53(48)49/h3-35H,1-2H3;1-35H. The molecule has 1 aliphatic carbocycles. The van der Waals surface area contributed by atoms with Gasteiger partial charge in [0.25, 0.3) is 0 Å². The normalized spacial score (nSPS) is 12.2. The van der Waals surface area contributed by atoms with Gasteiger partial charge in [0.15, 0.2) is 11.6 Å². The lowest BCUT2D eigenvalue weighted by Gasteiger charge is -2.28. The summed E-state index contributed by atoms with van der Waals surface area (Å²) in [6, 6.07) is 146. The van der Waals surface area contributed by atoms with Gasteiger partial charge in [-0.05, 0) is 223 Å². The van der Waals surface area contributed by atoms with Gasteiger partial charge < -0.3 is 18.6 Å². The highest BCUT2D eigenvalue weighted by molar-refractivity contribution is 6.18. The van der Waals surface area contributed by atoms with E-state index in [1.807, 2.05) is 18.2 Å². The summed E-state index contributed by atoms with van der Waals surface area (Å²) in [5, 5.41) is 10.9. The van der Waals surface area contributed by atoms with Crippen LogP contribution in [0, 0.1) is 0 Å². The van der Waals surface area contributed by atoms with Crippen molar-refractivity contribution >= 4 is 121 Å². The third-order valence-corrected chi connectivity index (χ3v) is 23.6. The molecule has 4 heterocycles. The maximum atomic E-state index is 6.85. The summed E-state index contributed by atoms with van der Waals surface area (Å²) in [7, 11) is 0. The van der Waals surface area contributed by atoms with E-state index in [0.717, 1.165) is 166 Å². The second-order valence-electron chi connectivity index (χ2n) is 31.2. The quantitative estimate of drug-likeness (QED) is 0.113. The van der Waals surface area contributed by atoms with Crippen LogP contribution in [0.2, 0.25) is 0 Å². The Morgan fingerprint density at radius 1 is 0.218 bits per heavy atom. The zero-order valence-electron chi connectivity index (χ0n) is 65.3. The number of aromatic nitrogens is 4. The average molecular weight is 1520 g/mol. The SMILES string of the molecule is CC1(C)c2ccccc2-c2ccc(N(c3ccccc3)c3ccc(-c4nc(-c5cc(-c6ccccc6)cc6c5oc5cc7ccccc7cc56)c5ccccc5n4)cc3)cc21.c1ccc(-c2ccc(N(c3ccccc3)c3cccc(-c4nc(-c5cc(-c6ccccc6)cc6c5oc5cc7ccccc7cc56)c5ccccc5n4)c3)cc2)cc1. The van der Waals surface area contributed by atoms with Crippen molar-refractivity contribution in [3.05, 3.63) is 424 Å². The van der Waals surface area contributed by atoms with E-state index in [2.05, 4.69) is 418 Å². The van der Waals surface area contributed by atoms with Crippen LogP contribution in [0.15, 0.2) is 421 Å². The molecule has 560 valence electrons. The maximum Gasteiger partial charge on any atom is 0.160 e. The van der Waals surface area contributed by atoms with Crippen LogP contribution >= 0.6 is 0 Å². The summed E-state index contributed by atoms with van der Waals surface area (Å²) in [6.07, 6.45) is 0. The van der Waals surface area contributed by atoms with Crippen LogP contribution in [0.4, 0.5) is 34.1 Å². The number of hydrogen-bond donors (Lipinski definition) is 0. The first-order valence-corrected chi connectivity index (χ1v) is 40.5. The van der Waals surface area contributed by atoms with Crippen LogP contribution in [0.1, 0.15) is 25.0 Å². The van der Waals surface area contributed by atoms with Crippen LogP contribution in [0.3, 0.4) is 0 Å². The fraction of sp³-hybridized carbons (Fsp3) is 0.0270. The van der Waals surface area contributed by atoms with Crippen molar-refractivity contribution in [1.82, 2.24) is 19.9 Å². The van der Waals surface area contributed by atoms with Crippen molar-refractivity contribution in [2.24, 2.45) is 0 Å². The molecule has 0 N–H and O–H groups in total. The lowest BCUT2D eigenvalue weighted by molar-refractivity contribution is 0.660. The molecular formula is C111H74N6O2. The van der Waals surface area contributed by atoms with Gasteiger partial charge in [-0.3, -0.25) is 0 Å². The number of benzene rings is 18. The van der Waals surface area contributed by atoms with Gasteiger partial charge in [0.05, 0.1) is 22.4 Å². The molecule has 18 aromatic carbocycles. The Bertz CT molecular complexity index is 7680. The van der Waals surface area contributed by atoms with Crippen LogP contribution in [-0.2, 0) is 5.41 Å². The van der Waals surface area contributed by atoms with Gasteiger partial charge in [-0.25, -0.2) is 19.9 Å². The van der Waals surface area contributed by atoms with Crippen LogP contribution < -0.4 is 9.80 Å². The van der Waals surface area contributed by atoms with Gasteiger partial charge in [0.2, 0.25) is 0 Å². The molecular weight excluding hydrogens is 1450 g/mol. The van der Waals surface area contributed by atoms with Crippen LogP contribution in [0.25, 0.3) is 177 Å². The number of furan rings is 2. The van der Waals surface area contributed by atoms with Gasteiger partial charge in [0.1, 0.15) is 22.3 Å². The number of hydrogen-bond acceptors (Lipinski definition) is 8. The summed E-state index contributed by atoms with van der Waals surface area (Å²) in [5.41, 5.74) is 28.9. The predicted octanol–water partition coefficient (Wildman–Crippen LogP) is 30.3. The van der Waals surface area contributed by atoms with Gasteiger partial charge in [0, 0.05) is 94.1 Å². The number of anilines is 6. The van der Waals surface area contributed by atoms with Gasteiger partial charge in [-0.2, -0.15) is 0 Å². The van der Waals surface area contributed by atoms with Crippen LogP contribution in [-0.4, -0.2) is 19.9 Å². The first kappa shape index (κ1) is 70.0. The molecule has 22 aromatic rings. The molecule has 0 aliphatic heterocycles. The Hall–Kier alpha value is -15.6. The molecule has 23 rings (SSSR count). The average Bonchev–Trinajstić information content (AvgIpc) is 1.60. The zero-order chi connectivity index (χ0) is 79.1. The molecule has 0 radical (unpaired) electrons. The molecule has 0 spiro atoms. The minimum absolute atomic E-state index is 0.109. The van der Waals surface area contributed by atoms with E-state index in [1.165, 1.54) is 44.2 Å². The summed E-state index contributed by atoms with van der Waals surface area (Å²) in [6.45, 7) is 4.67. The highest BCUT2D eigenvalue weighted by Gasteiger charge is 2.36. The van der Waals surface area contributed by atoms with Gasteiger partial charge in [-0.1, -0.05) is 281 Å². The summed E-state index contributed by atoms with van der Waals surface area (Å²) in [4.78, 5) is 25.9. The van der Waals surface area contributed by atoms with Gasteiger partial charge in [-0.15, -0.1) is 0 Å². The second kappa shape index (κ2) is 29.0. The summed E-state index contributed by atoms with van der Waals surface area (Å²) in [5.74, 6) is 1.30. The monoisotopic (exact) mass is 1520 g/mol. The van der Waals surface area contributed by atoms with Crippen molar-refractivity contribution in [1.29, 1.82) is 0 Å². The van der Waals surface area contributed by atoms with E-state index in [9.17, 15) is 0 Å². The minimum Gasteiger partial charge on any atom is -0.455 e. The molecule has 0 saturated heterocycles. The van der Waals surface area contributed by atoms with Crippen LogP contribution in [0.5, 0.6) is 0 Å². The molecule has 1 aliphatic rings. The molecule has 4 aromatic heterocycles. The van der Waals surface area contributed by atoms with Crippen molar-refractivity contribution in [3.63, 3.8) is 0 Å². The second-order valence-corrected chi connectivity index (χ2v) is 31.2. The Morgan fingerprint density at radius 3 is 1.08 bits per heavy atom. The molecule has 0 unspecified atom stereocenters. The van der Waals surface area contributed by atoms with Crippen molar-refractivity contribution in [2.45, 2.75) is 19.3 Å². The Morgan fingerprint density at radius 2 is 0.580 bits per heavy atom. The fourth-order valence-corrected chi connectivity index (χ4v) is 17.8. The molecule has 0 atom stereocenters. The lowest BCUT2D eigenvalue weighted by Crippen LogP contribution is -2.16. The molecule has 0 amide bonds. The van der Waals surface area contributed by atoms with E-state index >= 15 is 0 Å². The molecule has 119 heavy (non-hydrogen) atoms. The Balaban J connectivity index is 0.000000143. The first-order valence-electron chi connectivity index (χ1n) is 40.5. The van der Waals surface area contributed by atoms with E-state index < -0.39 is 0 Å². The predicted molar refractivity (Wildman–Crippen MR) is 494 cm³/mol. The third kappa shape index (κ3) is 12.6. The highest BCUT2D eigenvalue weighted by atomic mass is 16.3. The topological polar surface area (TPSA) is 84.3 Å². The highest BCUT2D eigenvalue weighted by Crippen LogP contribution is 2.52. The maximum absolute atomic E-state index is 6.85. The Kier molecular flexibility index (Phi) is 17.1. The largest absolute Gasteiger partial charge is 0.455 e. The van der Waals surface area contributed by atoms with E-state index in [0.29, 0.717) is 11.6 Å². The fourth-order valence-electron chi connectivity index (χ4n) is 17.8. The summed E-state index contributed by atoms with van der Waals surface area (Å²) < 4.78 is 13.7. The van der Waals surface area contributed by atoms with Crippen molar-refractivity contribution in [2.75, 3.05) is 9.80 Å². The number of fused-ring (bicyclic) bond motifs is 13. The van der Waals surface area contributed by atoms with Gasteiger partial charge >= 0.3 is 0 Å².